The van der Waals surface area contributed by atoms with Gasteiger partial charge in [0.15, 0.2) is 5.69 Å². The lowest BCUT2D eigenvalue weighted by atomic mass is 10.0. The summed E-state index contributed by atoms with van der Waals surface area (Å²) in [5, 5.41) is 6.46. The molecule has 0 fully saturated rings. The first kappa shape index (κ1) is 14.4. The molecule has 0 aliphatic carbocycles. The Morgan fingerprint density at radius 2 is 1.95 bits per heavy atom. The van der Waals surface area contributed by atoms with Gasteiger partial charge in [-0.3, -0.25) is 0 Å². The lowest BCUT2D eigenvalue weighted by Gasteiger charge is -2.08. The predicted molar refractivity (Wildman–Crippen MR) is 72.1 cm³/mol. The van der Waals surface area contributed by atoms with E-state index in [2.05, 4.69) is 10.4 Å². The Hall–Kier alpha value is -1.98. The van der Waals surface area contributed by atoms with Gasteiger partial charge in [-0.05, 0) is 23.6 Å². The monoisotopic (exact) mass is 283 g/mol. The second-order valence-electron chi connectivity index (χ2n) is 4.78. The van der Waals surface area contributed by atoms with Crippen LogP contribution in [0.3, 0.4) is 0 Å². The van der Waals surface area contributed by atoms with E-state index >= 15 is 0 Å². The van der Waals surface area contributed by atoms with Crippen LogP contribution in [0.15, 0.2) is 24.4 Å². The van der Waals surface area contributed by atoms with Gasteiger partial charge in [-0.25, -0.2) is 17.9 Å². The molecule has 20 heavy (non-hydrogen) atoms. The van der Waals surface area contributed by atoms with Crippen LogP contribution in [0.4, 0.5) is 18.9 Å². The van der Waals surface area contributed by atoms with Gasteiger partial charge >= 0.3 is 0 Å². The number of hydrogen-bond donors (Lipinski definition) is 1. The zero-order chi connectivity index (χ0) is 14.9. The maximum Gasteiger partial charge on any atom is 0.284 e. The Kier molecular flexibility index (Phi) is 4.01. The number of anilines is 1. The van der Waals surface area contributed by atoms with Gasteiger partial charge in [0.05, 0.1) is 17.6 Å². The molecule has 0 aliphatic heterocycles. The molecule has 1 aromatic heterocycles. The fraction of sp³-hybridized carbons (Fsp3) is 0.357. The minimum atomic E-state index is -2.68. The molecule has 0 atom stereocenters. The first-order valence-electron chi connectivity index (χ1n) is 6.29. The Bertz CT molecular complexity index is 606. The van der Waals surface area contributed by atoms with Crippen molar-refractivity contribution in [2.45, 2.75) is 26.2 Å². The molecule has 108 valence electrons. The van der Waals surface area contributed by atoms with E-state index in [-0.39, 0.29) is 23.1 Å². The normalized spacial score (nSPS) is 11.4. The van der Waals surface area contributed by atoms with Crippen molar-refractivity contribution in [3.63, 3.8) is 0 Å². The third-order valence-corrected chi connectivity index (χ3v) is 3.09. The van der Waals surface area contributed by atoms with Gasteiger partial charge < -0.3 is 5.32 Å². The van der Waals surface area contributed by atoms with Crippen molar-refractivity contribution in [3.8, 4) is 5.69 Å². The maximum absolute atomic E-state index is 13.9. The van der Waals surface area contributed by atoms with E-state index < -0.39 is 6.43 Å². The molecule has 0 bridgehead atoms. The van der Waals surface area contributed by atoms with E-state index in [0.29, 0.717) is 11.3 Å². The van der Waals surface area contributed by atoms with E-state index in [1.807, 2.05) is 13.8 Å². The SMILES string of the molecule is CNc1cn(-c2ccc(C(C)C)c(F)c2)nc1C(F)F. The molecule has 0 saturated heterocycles. The quantitative estimate of drug-likeness (QED) is 0.915. The molecule has 0 aliphatic rings. The van der Waals surface area contributed by atoms with Crippen LogP contribution in [0.1, 0.15) is 37.4 Å². The third-order valence-electron chi connectivity index (χ3n) is 3.09. The van der Waals surface area contributed by atoms with Crippen LogP contribution in [-0.4, -0.2) is 16.8 Å². The van der Waals surface area contributed by atoms with E-state index in [1.54, 1.807) is 12.1 Å². The van der Waals surface area contributed by atoms with Crippen LogP contribution in [0.25, 0.3) is 5.69 Å². The highest BCUT2D eigenvalue weighted by Gasteiger charge is 2.18. The van der Waals surface area contributed by atoms with Gasteiger partial charge in [0.1, 0.15) is 5.82 Å². The van der Waals surface area contributed by atoms with E-state index in [9.17, 15) is 13.2 Å². The van der Waals surface area contributed by atoms with Crippen molar-refractivity contribution in [2.75, 3.05) is 12.4 Å². The van der Waals surface area contributed by atoms with E-state index in [1.165, 1.54) is 24.0 Å². The van der Waals surface area contributed by atoms with E-state index in [4.69, 9.17) is 0 Å². The molecule has 2 aromatic rings. The lowest BCUT2D eigenvalue weighted by molar-refractivity contribution is 0.146. The molecule has 0 radical (unpaired) electrons. The van der Waals surface area contributed by atoms with Crippen LogP contribution in [0, 0.1) is 5.82 Å². The summed E-state index contributed by atoms with van der Waals surface area (Å²) < 4.78 is 40.8. The van der Waals surface area contributed by atoms with E-state index in [0.717, 1.165) is 0 Å². The summed E-state index contributed by atoms with van der Waals surface area (Å²) in [5.74, 6) is -0.302. The third kappa shape index (κ3) is 2.64. The summed E-state index contributed by atoms with van der Waals surface area (Å²) in [5.41, 5.74) is 0.883. The Balaban J connectivity index is 2.44. The summed E-state index contributed by atoms with van der Waals surface area (Å²) in [6.07, 6.45) is -1.26. The molecule has 6 heteroatoms. The number of aromatic nitrogens is 2. The van der Waals surface area contributed by atoms with Crippen LogP contribution in [0.2, 0.25) is 0 Å². The highest BCUT2D eigenvalue weighted by Crippen LogP contribution is 2.27. The number of halogens is 3. The molecular weight excluding hydrogens is 267 g/mol. The van der Waals surface area contributed by atoms with Gasteiger partial charge in [0.25, 0.3) is 6.43 Å². The molecule has 0 saturated carbocycles. The van der Waals surface area contributed by atoms with Crippen molar-refractivity contribution in [1.82, 2.24) is 9.78 Å². The number of alkyl halides is 2. The van der Waals surface area contributed by atoms with Crippen LogP contribution >= 0.6 is 0 Å². The number of hydrogen-bond acceptors (Lipinski definition) is 2. The fourth-order valence-electron chi connectivity index (χ4n) is 2.00. The molecule has 3 nitrogen and oxygen atoms in total. The van der Waals surface area contributed by atoms with Crippen molar-refractivity contribution in [2.24, 2.45) is 0 Å². The van der Waals surface area contributed by atoms with Gasteiger partial charge in [-0.15, -0.1) is 0 Å². The smallest absolute Gasteiger partial charge is 0.284 e. The zero-order valence-corrected chi connectivity index (χ0v) is 11.5. The predicted octanol–water partition coefficient (Wildman–Crippen LogP) is 4.11. The molecule has 1 aromatic carbocycles. The maximum atomic E-state index is 13.9. The van der Waals surface area contributed by atoms with Crippen molar-refractivity contribution >= 4 is 5.69 Å². The summed E-state index contributed by atoms with van der Waals surface area (Å²) in [7, 11) is 1.54. The molecule has 0 spiro atoms. The average Bonchev–Trinajstić information content (AvgIpc) is 2.82. The summed E-state index contributed by atoms with van der Waals surface area (Å²) in [4.78, 5) is 0. The van der Waals surface area contributed by atoms with Gasteiger partial charge in [0.2, 0.25) is 0 Å². The first-order chi connectivity index (χ1) is 9.43. The minimum Gasteiger partial charge on any atom is -0.385 e. The standard InChI is InChI=1S/C14H16F3N3/c1-8(2)10-5-4-9(6-11(10)15)20-7-12(18-3)13(19-20)14(16)17/h4-8,14,18H,1-3H3. The zero-order valence-electron chi connectivity index (χ0n) is 11.5. The molecule has 0 unspecified atom stereocenters. The molecule has 1 heterocycles. The highest BCUT2D eigenvalue weighted by molar-refractivity contribution is 5.49. The molecule has 2 rings (SSSR count). The van der Waals surface area contributed by atoms with Crippen molar-refractivity contribution in [1.29, 1.82) is 0 Å². The second-order valence-corrected chi connectivity index (χ2v) is 4.78. The Labute approximate surface area is 115 Å². The largest absolute Gasteiger partial charge is 0.385 e. The number of rotatable bonds is 4. The minimum absolute atomic E-state index is 0.0613. The number of nitrogens with one attached hydrogen (secondary N) is 1. The van der Waals surface area contributed by atoms with Gasteiger partial charge in [-0.1, -0.05) is 19.9 Å². The fourth-order valence-corrected chi connectivity index (χ4v) is 2.00. The highest BCUT2D eigenvalue weighted by atomic mass is 19.3. The average molecular weight is 283 g/mol. The van der Waals surface area contributed by atoms with Gasteiger partial charge in [-0.2, -0.15) is 5.10 Å². The van der Waals surface area contributed by atoms with Crippen molar-refractivity contribution < 1.29 is 13.2 Å². The topological polar surface area (TPSA) is 29.9 Å². The number of benzene rings is 1. The van der Waals surface area contributed by atoms with Crippen LogP contribution < -0.4 is 5.32 Å². The molecule has 1 N–H and O–H groups in total. The number of nitrogens with zero attached hydrogens (tertiary/aromatic N) is 2. The molecule has 0 amide bonds. The summed E-state index contributed by atoms with van der Waals surface area (Å²) in [6, 6.07) is 4.62. The molecular formula is C14H16F3N3. The van der Waals surface area contributed by atoms with Crippen LogP contribution in [0.5, 0.6) is 0 Å². The van der Waals surface area contributed by atoms with Gasteiger partial charge in [0, 0.05) is 7.05 Å². The second kappa shape index (κ2) is 5.56. The lowest BCUT2D eigenvalue weighted by Crippen LogP contribution is -2.00. The Morgan fingerprint density at radius 1 is 1.25 bits per heavy atom. The van der Waals surface area contributed by atoms with Crippen LogP contribution in [-0.2, 0) is 0 Å². The summed E-state index contributed by atoms with van der Waals surface area (Å²) in [6.45, 7) is 3.78. The van der Waals surface area contributed by atoms with Crippen molar-refractivity contribution in [3.05, 3.63) is 41.5 Å². The Morgan fingerprint density at radius 3 is 2.40 bits per heavy atom. The summed E-state index contributed by atoms with van der Waals surface area (Å²) >= 11 is 0. The first-order valence-corrected chi connectivity index (χ1v) is 6.29.